The van der Waals surface area contributed by atoms with E-state index < -0.39 is 18.1 Å². The van der Waals surface area contributed by atoms with Crippen molar-refractivity contribution < 1.29 is 18.0 Å². The van der Waals surface area contributed by atoms with Gasteiger partial charge in [-0.15, -0.1) is 0 Å². The minimum Gasteiger partial charge on any atom is -0.335 e. The quantitative estimate of drug-likeness (QED) is 0.801. The summed E-state index contributed by atoms with van der Waals surface area (Å²) in [6, 6.07) is 8.61. The summed E-state index contributed by atoms with van der Waals surface area (Å²) >= 11 is 0. The Balaban J connectivity index is 2.65. The molecule has 0 aliphatic rings. The van der Waals surface area contributed by atoms with Crippen LogP contribution in [0.3, 0.4) is 0 Å². The molecule has 17 heavy (non-hydrogen) atoms. The summed E-state index contributed by atoms with van der Waals surface area (Å²) < 4.78 is 36.6. The largest absolute Gasteiger partial charge is 0.471 e. The Bertz CT molecular complexity index is 375. The molecule has 0 radical (unpaired) electrons. The first-order chi connectivity index (χ1) is 7.82. The highest BCUT2D eigenvalue weighted by Crippen LogP contribution is 2.19. The maximum absolute atomic E-state index is 12.2. The van der Waals surface area contributed by atoms with Gasteiger partial charge in [-0.05, 0) is 18.9 Å². The summed E-state index contributed by atoms with van der Waals surface area (Å²) in [7, 11) is 1.17. The molecule has 1 aromatic carbocycles. The Labute approximate surface area is 98.0 Å². The fourth-order valence-electron chi connectivity index (χ4n) is 1.49. The number of benzene rings is 1. The molecule has 0 unspecified atom stereocenters. The van der Waals surface area contributed by atoms with E-state index in [2.05, 4.69) is 0 Å². The molecule has 5 heteroatoms. The molecule has 1 atom stereocenters. The first-order valence-electron chi connectivity index (χ1n) is 5.20. The molecule has 0 N–H and O–H groups in total. The van der Waals surface area contributed by atoms with Crippen molar-refractivity contribution in [2.45, 2.75) is 25.6 Å². The Hall–Kier alpha value is -1.52. The summed E-state index contributed by atoms with van der Waals surface area (Å²) in [4.78, 5) is 11.7. The maximum Gasteiger partial charge on any atom is 0.471 e. The van der Waals surface area contributed by atoms with Gasteiger partial charge >= 0.3 is 12.1 Å². The van der Waals surface area contributed by atoms with Gasteiger partial charge in [0.15, 0.2) is 0 Å². The standard InChI is InChI=1S/C12H14F3NO/c1-9(8-10-6-4-3-5-7-10)16(2)11(17)12(13,14)15/h3-7,9H,8H2,1-2H3/t9-/m0/s1. The van der Waals surface area contributed by atoms with Gasteiger partial charge in [-0.25, -0.2) is 0 Å². The molecule has 0 saturated heterocycles. The molecule has 0 fully saturated rings. The Morgan fingerprint density at radius 2 is 1.82 bits per heavy atom. The van der Waals surface area contributed by atoms with E-state index in [-0.39, 0.29) is 0 Å². The first-order valence-corrected chi connectivity index (χ1v) is 5.20. The lowest BCUT2D eigenvalue weighted by atomic mass is 10.1. The number of hydrogen-bond donors (Lipinski definition) is 0. The van der Waals surface area contributed by atoms with Gasteiger partial charge in [-0.3, -0.25) is 4.79 Å². The van der Waals surface area contributed by atoms with E-state index >= 15 is 0 Å². The molecule has 0 spiro atoms. The van der Waals surface area contributed by atoms with E-state index in [1.54, 1.807) is 6.92 Å². The summed E-state index contributed by atoms with van der Waals surface area (Å²) in [6.07, 6.45) is -4.40. The second-order valence-corrected chi connectivity index (χ2v) is 3.95. The van der Waals surface area contributed by atoms with Crippen LogP contribution in [-0.4, -0.2) is 30.1 Å². The average Bonchev–Trinajstić information content (AvgIpc) is 2.27. The third-order valence-electron chi connectivity index (χ3n) is 2.60. The molecule has 0 bridgehead atoms. The van der Waals surface area contributed by atoms with Crippen LogP contribution in [0.1, 0.15) is 12.5 Å². The number of hydrogen-bond acceptors (Lipinski definition) is 1. The molecule has 0 heterocycles. The molecule has 0 aliphatic carbocycles. The normalized spacial score (nSPS) is 13.2. The molecular weight excluding hydrogens is 231 g/mol. The van der Waals surface area contributed by atoms with Crippen molar-refractivity contribution >= 4 is 5.91 Å². The number of likely N-dealkylation sites (N-methyl/N-ethyl adjacent to an activating group) is 1. The van der Waals surface area contributed by atoms with Crippen molar-refractivity contribution in [3.8, 4) is 0 Å². The Morgan fingerprint density at radius 3 is 2.29 bits per heavy atom. The lowest BCUT2D eigenvalue weighted by Gasteiger charge is -2.25. The van der Waals surface area contributed by atoms with Crippen LogP contribution in [0.25, 0.3) is 0 Å². The Kier molecular flexibility index (Phi) is 4.15. The summed E-state index contributed by atoms with van der Waals surface area (Å²) in [5.74, 6) is -1.80. The number of alkyl halides is 3. The van der Waals surface area contributed by atoms with E-state index in [0.717, 1.165) is 10.5 Å². The van der Waals surface area contributed by atoms with Crippen molar-refractivity contribution in [1.82, 2.24) is 4.90 Å². The van der Waals surface area contributed by atoms with E-state index in [0.29, 0.717) is 6.42 Å². The predicted molar refractivity (Wildman–Crippen MR) is 58.4 cm³/mol. The fourth-order valence-corrected chi connectivity index (χ4v) is 1.49. The molecule has 1 amide bonds. The molecule has 2 nitrogen and oxygen atoms in total. The molecular formula is C12H14F3NO. The van der Waals surface area contributed by atoms with Gasteiger partial charge in [0, 0.05) is 13.1 Å². The average molecular weight is 245 g/mol. The van der Waals surface area contributed by atoms with Crippen LogP contribution >= 0.6 is 0 Å². The fraction of sp³-hybridized carbons (Fsp3) is 0.417. The zero-order valence-electron chi connectivity index (χ0n) is 9.66. The highest BCUT2D eigenvalue weighted by molar-refractivity contribution is 5.81. The Morgan fingerprint density at radius 1 is 1.29 bits per heavy atom. The molecule has 94 valence electrons. The third-order valence-corrected chi connectivity index (χ3v) is 2.60. The van der Waals surface area contributed by atoms with Gasteiger partial charge in [0.1, 0.15) is 0 Å². The molecule has 0 aromatic heterocycles. The lowest BCUT2D eigenvalue weighted by Crippen LogP contribution is -2.44. The second-order valence-electron chi connectivity index (χ2n) is 3.95. The van der Waals surface area contributed by atoms with Crippen molar-refractivity contribution in [2.75, 3.05) is 7.05 Å². The van der Waals surface area contributed by atoms with E-state index in [4.69, 9.17) is 0 Å². The number of amides is 1. The van der Waals surface area contributed by atoms with Gasteiger partial charge in [0.05, 0.1) is 0 Å². The topological polar surface area (TPSA) is 20.3 Å². The van der Waals surface area contributed by atoms with Crippen LogP contribution in [-0.2, 0) is 11.2 Å². The first kappa shape index (κ1) is 13.5. The number of nitrogens with zero attached hydrogens (tertiary/aromatic N) is 1. The van der Waals surface area contributed by atoms with Crippen LogP contribution in [0, 0.1) is 0 Å². The minimum absolute atomic E-state index is 0.402. The second kappa shape index (κ2) is 5.21. The monoisotopic (exact) mass is 245 g/mol. The van der Waals surface area contributed by atoms with E-state index in [9.17, 15) is 18.0 Å². The minimum atomic E-state index is -4.81. The van der Waals surface area contributed by atoms with Crippen LogP contribution in [0.4, 0.5) is 13.2 Å². The van der Waals surface area contributed by atoms with Gasteiger partial charge < -0.3 is 4.90 Å². The summed E-state index contributed by atoms with van der Waals surface area (Å²) in [5, 5.41) is 0. The van der Waals surface area contributed by atoms with Crippen LogP contribution in [0.2, 0.25) is 0 Å². The number of carbonyl (C=O) groups is 1. The van der Waals surface area contributed by atoms with Crippen molar-refractivity contribution in [2.24, 2.45) is 0 Å². The number of carbonyl (C=O) groups excluding carboxylic acids is 1. The zero-order valence-corrected chi connectivity index (χ0v) is 9.66. The third kappa shape index (κ3) is 3.76. The zero-order chi connectivity index (χ0) is 13.1. The van der Waals surface area contributed by atoms with Crippen molar-refractivity contribution in [3.05, 3.63) is 35.9 Å². The van der Waals surface area contributed by atoms with E-state index in [1.165, 1.54) is 7.05 Å². The molecule has 0 aliphatic heterocycles. The summed E-state index contributed by atoms with van der Waals surface area (Å²) in [5.41, 5.74) is 0.904. The molecule has 0 saturated carbocycles. The van der Waals surface area contributed by atoms with E-state index in [1.807, 2.05) is 30.3 Å². The molecule has 1 aromatic rings. The van der Waals surface area contributed by atoms with Crippen LogP contribution in [0.5, 0.6) is 0 Å². The highest BCUT2D eigenvalue weighted by Gasteiger charge is 2.42. The number of rotatable bonds is 3. The maximum atomic E-state index is 12.2. The smallest absolute Gasteiger partial charge is 0.335 e. The van der Waals surface area contributed by atoms with Gasteiger partial charge in [-0.1, -0.05) is 30.3 Å². The lowest BCUT2D eigenvalue weighted by molar-refractivity contribution is -0.185. The van der Waals surface area contributed by atoms with Gasteiger partial charge in [0.25, 0.3) is 0 Å². The highest BCUT2D eigenvalue weighted by atomic mass is 19.4. The van der Waals surface area contributed by atoms with Gasteiger partial charge in [-0.2, -0.15) is 13.2 Å². The van der Waals surface area contributed by atoms with Crippen LogP contribution in [0.15, 0.2) is 30.3 Å². The number of halogens is 3. The molecule has 1 rings (SSSR count). The van der Waals surface area contributed by atoms with Crippen molar-refractivity contribution in [3.63, 3.8) is 0 Å². The van der Waals surface area contributed by atoms with Crippen LogP contribution < -0.4 is 0 Å². The van der Waals surface area contributed by atoms with Gasteiger partial charge in [0.2, 0.25) is 0 Å². The summed E-state index contributed by atoms with van der Waals surface area (Å²) in [6.45, 7) is 1.59. The van der Waals surface area contributed by atoms with Crippen molar-refractivity contribution in [1.29, 1.82) is 0 Å². The predicted octanol–water partition coefficient (Wildman–Crippen LogP) is 2.64. The SMILES string of the molecule is C[C@@H](Cc1ccccc1)N(C)C(=O)C(F)(F)F.